The Kier molecular flexibility index (Phi) is 4.08. The molecule has 0 fully saturated rings. The highest BCUT2D eigenvalue weighted by molar-refractivity contribution is 7.08. The molecule has 0 amide bonds. The third kappa shape index (κ3) is 2.65. The van der Waals surface area contributed by atoms with Crippen LogP contribution in [0.15, 0.2) is 88.4 Å². The highest BCUT2D eigenvalue weighted by atomic mass is 32.1. The summed E-state index contributed by atoms with van der Waals surface area (Å²) in [5.41, 5.74) is 10.8. The Hall–Kier alpha value is -3.21. The molecule has 5 heterocycles. The molecule has 0 N–H and O–H groups in total. The first-order valence-electron chi connectivity index (χ1n) is 9.85. The lowest BCUT2D eigenvalue weighted by molar-refractivity contribution is 1.23. The number of hydrogen-bond donors (Lipinski definition) is 0. The fourth-order valence-electron chi connectivity index (χ4n) is 4.29. The molecule has 0 aliphatic carbocycles. The smallest absolute Gasteiger partial charge is 0.0803 e. The van der Waals surface area contributed by atoms with Gasteiger partial charge in [0.25, 0.3) is 0 Å². The number of benzene rings is 1. The number of aromatic nitrogens is 2. The molecule has 6 rings (SSSR count). The van der Waals surface area contributed by atoms with E-state index in [2.05, 4.69) is 87.4 Å². The number of rotatable bonds is 3. The van der Waals surface area contributed by atoms with E-state index in [-0.39, 0.29) is 0 Å². The number of thiophene rings is 2. The summed E-state index contributed by atoms with van der Waals surface area (Å²) in [6.45, 7) is 2.22. The molecule has 0 saturated heterocycles. The van der Waals surface area contributed by atoms with E-state index in [1.807, 2.05) is 12.3 Å². The molecule has 0 saturated carbocycles. The van der Waals surface area contributed by atoms with Crippen LogP contribution >= 0.6 is 22.7 Å². The average molecular weight is 423 g/mol. The molecule has 0 aliphatic heterocycles. The molecule has 0 atom stereocenters. The quantitative estimate of drug-likeness (QED) is 0.283. The maximum absolute atomic E-state index is 4.78. The Morgan fingerprint density at radius 3 is 2.37 bits per heavy atom. The molecule has 0 spiro atoms. The van der Waals surface area contributed by atoms with Gasteiger partial charge < -0.3 is 4.40 Å². The van der Waals surface area contributed by atoms with Crippen molar-refractivity contribution in [2.75, 3.05) is 0 Å². The second-order valence-corrected chi connectivity index (χ2v) is 8.98. The van der Waals surface area contributed by atoms with Crippen molar-refractivity contribution in [3.05, 3.63) is 93.9 Å². The molecule has 6 aromatic rings. The van der Waals surface area contributed by atoms with E-state index < -0.39 is 0 Å². The van der Waals surface area contributed by atoms with E-state index in [0.717, 1.165) is 16.8 Å². The molecule has 5 aromatic heterocycles. The molecule has 30 heavy (non-hydrogen) atoms. The summed E-state index contributed by atoms with van der Waals surface area (Å²) < 4.78 is 2.40. The van der Waals surface area contributed by atoms with Crippen LogP contribution in [-0.2, 0) is 0 Å². The number of aryl methyl sites for hydroxylation is 1. The zero-order chi connectivity index (χ0) is 20.1. The van der Waals surface area contributed by atoms with Gasteiger partial charge >= 0.3 is 0 Å². The van der Waals surface area contributed by atoms with Crippen LogP contribution in [0.5, 0.6) is 0 Å². The third-order valence-corrected chi connectivity index (χ3v) is 7.10. The average Bonchev–Trinajstić information content (AvgIpc) is 3.56. The van der Waals surface area contributed by atoms with Crippen molar-refractivity contribution in [1.82, 2.24) is 9.38 Å². The van der Waals surface area contributed by atoms with E-state index >= 15 is 0 Å². The van der Waals surface area contributed by atoms with Crippen molar-refractivity contribution in [1.29, 1.82) is 0 Å². The largest absolute Gasteiger partial charge is 0.309 e. The minimum atomic E-state index is 1.03. The second kappa shape index (κ2) is 6.94. The van der Waals surface area contributed by atoms with Crippen LogP contribution in [0.2, 0.25) is 0 Å². The topological polar surface area (TPSA) is 17.3 Å². The van der Waals surface area contributed by atoms with Crippen molar-refractivity contribution in [2.24, 2.45) is 0 Å². The molecular weight excluding hydrogens is 404 g/mol. The van der Waals surface area contributed by atoms with Crippen LogP contribution < -0.4 is 0 Å². The highest BCUT2D eigenvalue weighted by Gasteiger charge is 2.18. The molecule has 0 aliphatic rings. The van der Waals surface area contributed by atoms with Crippen molar-refractivity contribution in [3.8, 4) is 33.6 Å². The summed E-state index contributed by atoms with van der Waals surface area (Å²) in [6, 6.07) is 21.9. The van der Waals surface area contributed by atoms with Crippen molar-refractivity contribution in [2.45, 2.75) is 6.92 Å². The monoisotopic (exact) mass is 422 g/mol. The molecule has 144 valence electrons. The van der Waals surface area contributed by atoms with E-state index in [1.165, 1.54) is 38.8 Å². The van der Waals surface area contributed by atoms with Gasteiger partial charge in [-0.3, -0.25) is 4.98 Å². The van der Waals surface area contributed by atoms with E-state index in [1.54, 1.807) is 22.7 Å². The summed E-state index contributed by atoms with van der Waals surface area (Å²) in [5, 5.41) is 9.94. The molecule has 4 heteroatoms. The maximum Gasteiger partial charge on any atom is 0.0803 e. The number of nitrogens with zero attached hydrogens (tertiary/aromatic N) is 2. The van der Waals surface area contributed by atoms with Gasteiger partial charge in [-0.05, 0) is 82.2 Å². The van der Waals surface area contributed by atoms with Gasteiger partial charge in [0.05, 0.1) is 22.4 Å². The molecule has 0 unspecified atom stereocenters. The van der Waals surface area contributed by atoms with Crippen molar-refractivity contribution < 1.29 is 0 Å². The Morgan fingerprint density at radius 2 is 1.57 bits per heavy atom. The lowest BCUT2D eigenvalue weighted by Crippen LogP contribution is -1.96. The molecule has 2 nitrogen and oxygen atoms in total. The fourth-order valence-corrected chi connectivity index (χ4v) is 5.59. The predicted octanol–water partition coefficient (Wildman–Crippen LogP) is 7.92. The standard InChI is InChI=1S/C26H18N2S2/c1-17-21-5-2-3-7-23(21)28-24(17)13-20(18-8-11-29-15-18)14-25(28)22-6-4-10-27-26(22)19-9-12-30-16-19/h2-16H,1H3. The summed E-state index contributed by atoms with van der Waals surface area (Å²) >= 11 is 3.44. The van der Waals surface area contributed by atoms with Gasteiger partial charge in [0, 0.05) is 28.1 Å². The van der Waals surface area contributed by atoms with Crippen LogP contribution in [0.1, 0.15) is 5.56 Å². The van der Waals surface area contributed by atoms with Crippen LogP contribution in [-0.4, -0.2) is 9.38 Å². The normalized spacial score (nSPS) is 11.5. The number of fused-ring (bicyclic) bond motifs is 3. The van der Waals surface area contributed by atoms with E-state index in [4.69, 9.17) is 4.98 Å². The maximum atomic E-state index is 4.78. The van der Waals surface area contributed by atoms with Crippen LogP contribution in [0.4, 0.5) is 0 Å². The predicted molar refractivity (Wildman–Crippen MR) is 129 cm³/mol. The van der Waals surface area contributed by atoms with Crippen molar-refractivity contribution in [3.63, 3.8) is 0 Å². The first-order chi connectivity index (χ1) is 14.8. The SMILES string of the molecule is Cc1c2ccccc2n2c(-c3cccnc3-c3ccsc3)cc(-c3ccsc3)cc12. The van der Waals surface area contributed by atoms with Gasteiger partial charge in [0.15, 0.2) is 0 Å². The highest BCUT2D eigenvalue weighted by Crippen LogP contribution is 2.38. The fraction of sp³-hybridized carbons (Fsp3) is 0.0385. The number of para-hydroxylation sites is 1. The Morgan fingerprint density at radius 1 is 0.767 bits per heavy atom. The number of hydrogen-bond acceptors (Lipinski definition) is 3. The van der Waals surface area contributed by atoms with Gasteiger partial charge in [0.1, 0.15) is 0 Å². The third-order valence-electron chi connectivity index (χ3n) is 5.73. The van der Waals surface area contributed by atoms with Gasteiger partial charge in [0.2, 0.25) is 0 Å². The Balaban J connectivity index is 1.77. The number of pyridine rings is 2. The first kappa shape index (κ1) is 17.6. The minimum absolute atomic E-state index is 1.03. The summed E-state index contributed by atoms with van der Waals surface area (Å²) in [7, 11) is 0. The minimum Gasteiger partial charge on any atom is -0.309 e. The molecule has 0 bridgehead atoms. The summed E-state index contributed by atoms with van der Waals surface area (Å²) in [5.74, 6) is 0. The van der Waals surface area contributed by atoms with Gasteiger partial charge in [-0.15, -0.1) is 0 Å². The zero-order valence-electron chi connectivity index (χ0n) is 16.4. The van der Waals surface area contributed by atoms with Gasteiger partial charge in [-0.1, -0.05) is 18.2 Å². The Bertz CT molecular complexity index is 1490. The summed E-state index contributed by atoms with van der Waals surface area (Å²) in [6.07, 6.45) is 1.88. The van der Waals surface area contributed by atoms with Crippen LogP contribution in [0.25, 0.3) is 50.1 Å². The molecular formula is C26H18N2S2. The van der Waals surface area contributed by atoms with Crippen LogP contribution in [0.3, 0.4) is 0 Å². The second-order valence-electron chi connectivity index (χ2n) is 7.42. The van der Waals surface area contributed by atoms with E-state index in [0.29, 0.717) is 0 Å². The summed E-state index contributed by atoms with van der Waals surface area (Å²) in [4.78, 5) is 4.78. The molecule has 0 radical (unpaired) electrons. The van der Waals surface area contributed by atoms with Gasteiger partial charge in [-0.25, -0.2) is 0 Å². The lowest BCUT2D eigenvalue weighted by atomic mass is 10.0. The van der Waals surface area contributed by atoms with E-state index in [9.17, 15) is 0 Å². The van der Waals surface area contributed by atoms with Gasteiger partial charge in [-0.2, -0.15) is 22.7 Å². The lowest BCUT2D eigenvalue weighted by Gasteiger charge is -2.14. The first-order valence-corrected chi connectivity index (χ1v) is 11.7. The zero-order valence-corrected chi connectivity index (χ0v) is 18.0. The van der Waals surface area contributed by atoms with Crippen LogP contribution in [0, 0.1) is 6.92 Å². The van der Waals surface area contributed by atoms with Crippen molar-refractivity contribution >= 4 is 39.1 Å². The Labute approximate surface area is 182 Å². The molecule has 1 aromatic carbocycles.